The molecular formula is C9H15F4O4S-. The quantitative estimate of drug-likeness (QED) is 0.534. The number of halogens is 4. The van der Waals surface area contributed by atoms with Gasteiger partial charge in [-0.3, -0.25) is 0 Å². The largest absolute Gasteiger partial charge is 0.743 e. The third-order valence-corrected chi connectivity index (χ3v) is 3.43. The first-order valence-electron chi connectivity index (χ1n) is 5.12. The summed E-state index contributed by atoms with van der Waals surface area (Å²) in [6.45, 7) is 4.05. The Labute approximate surface area is 103 Å². The van der Waals surface area contributed by atoms with Crippen molar-refractivity contribution in [2.24, 2.45) is 0 Å². The molecule has 0 bridgehead atoms. The fourth-order valence-electron chi connectivity index (χ4n) is 0.886. The van der Waals surface area contributed by atoms with Gasteiger partial charge in [-0.15, -0.1) is 0 Å². The van der Waals surface area contributed by atoms with Gasteiger partial charge in [-0.25, -0.2) is 8.42 Å². The zero-order chi connectivity index (χ0) is 14.8. The summed E-state index contributed by atoms with van der Waals surface area (Å²) in [4.78, 5) is 0. The highest BCUT2D eigenvalue weighted by Crippen LogP contribution is 2.40. The molecule has 0 saturated carbocycles. The molecule has 0 aromatic heterocycles. The van der Waals surface area contributed by atoms with Crippen molar-refractivity contribution in [3.63, 3.8) is 0 Å². The minimum absolute atomic E-state index is 0.453. The van der Waals surface area contributed by atoms with Crippen molar-refractivity contribution in [3.8, 4) is 0 Å². The summed E-state index contributed by atoms with van der Waals surface area (Å²) >= 11 is 0. The molecule has 0 spiro atoms. The molecule has 0 aliphatic heterocycles. The van der Waals surface area contributed by atoms with E-state index in [0.29, 0.717) is 6.42 Å². The second-order valence-corrected chi connectivity index (χ2v) is 5.81. The van der Waals surface area contributed by atoms with Crippen LogP contribution in [0.2, 0.25) is 0 Å². The molecule has 0 N–H and O–H groups in total. The van der Waals surface area contributed by atoms with E-state index >= 15 is 0 Å². The second kappa shape index (κ2) is 5.30. The smallest absolute Gasteiger partial charge is 0.396 e. The first-order chi connectivity index (χ1) is 7.77. The van der Waals surface area contributed by atoms with Gasteiger partial charge in [-0.2, -0.15) is 17.6 Å². The Morgan fingerprint density at radius 1 is 1.17 bits per heavy atom. The van der Waals surface area contributed by atoms with Gasteiger partial charge in [0.1, 0.15) is 0 Å². The summed E-state index contributed by atoms with van der Waals surface area (Å²) in [5.41, 5.74) is -0.790. The van der Waals surface area contributed by atoms with Crippen LogP contribution in [0.3, 0.4) is 0 Å². The molecular weight excluding hydrogens is 280 g/mol. The molecule has 0 aromatic rings. The van der Waals surface area contributed by atoms with E-state index < -0.39 is 39.9 Å². The van der Waals surface area contributed by atoms with Gasteiger partial charge < -0.3 is 9.29 Å². The van der Waals surface area contributed by atoms with Crippen molar-refractivity contribution in [1.29, 1.82) is 0 Å². The Morgan fingerprint density at radius 2 is 1.61 bits per heavy atom. The fraction of sp³-hybridized carbons (Fsp3) is 1.00. The molecule has 0 heterocycles. The van der Waals surface area contributed by atoms with E-state index in [1.54, 1.807) is 20.8 Å². The molecule has 0 unspecified atom stereocenters. The van der Waals surface area contributed by atoms with E-state index in [-0.39, 0.29) is 0 Å². The van der Waals surface area contributed by atoms with Crippen molar-refractivity contribution in [3.05, 3.63) is 0 Å². The molecule has 0 rings (SSSR count). The van der Waals surface area contributed by atoms with Crippen LogP contribution in [0, 0.1) is 0 Å². The van der Waals surface area contributed by atoms with Crippen LogP contribution in [0.5, 0.6) is 0 Å². The molecule has 0 aliphatic carbocycles. The summed E-state index contributed by atoms with van der Waals surface area (Å²) in [5.74, 6) is -4.96. The highest BCUT2D eigenvalue weighted by atomic mass is 32.2. The van der Waals surface area contributed by atoms with Gasteiger partial charge in [0.15, 0.2) is 10.1 Å². The van der Waals surface area contributed by atoms with E-state index in [2.05, 4.69) is 0 Å². The summed E-state index contributed by atoms with van der Waals surface area (Å²) in [6, 6.07) is 0. The van der Waals surface area contributed by atoms with Gasteiger partial charge in [-0.1, -0.05) is 6.92 Å². The lowest BCUT2D eigenvalue weighted by Gasteiger charge is -2.30. The van der Waals surface area contributed by atoms with Crippen LogP contribution in [0.15, 0.2) is 0 Å². The average Bonchev–Trinajstić information content (AvgIpc) is 2.15. The van der Waals surface area contributed by atoms with Crippen LogP contribution < -0.4 is 0 Å². The molecule has 0 aliphatic rings. The Hall–Kier alpha value is -0.410. The van der Waals surface area contributed by atoms with Crippen molar-refractivity contribution in [2.45, 2.75) is 50.4 Å². The maximum absolute atomic E-state index is 13.0. The summed E-state index contributed by atoms with van der Waals surface area (Å²) in [5, 5.41) is -5.64. The van der Waals surface area contributed by atoms with Gasteiger partial charge in [-0.05, 0) is 20.3 Å². The predicted octanol–water partition coefficient (Wildman–Crippen LogP) is 2.36. The summed E-state index contributed by atoms with van der Waals surface area (Å²) in [7, 11) is -6.42. The molecule has 18 heavy (non-hydrogen) atoms. The molecule has 0 atom stereocenters. The van der Waals surface area contributed by atoms with E-state index in [0.717, 1.165) is 0 Å². The Balaban J connectivity index is 4.69. The summed E-state index contributed by atoms with van der Waals surface area (Å²) in [6.07, 6.45) is -1.10. The third kappa shape index (κ3) is 4.06. The van der Waals surface area contributed by atoms with Gasteiger partial charge in [0, 0.05) is 6.42 Å². The van der Waals surface area contributed by atoms with E-state index in [4.69, 9.17) is 4.74 Å². The number of hydrogen-bond acceptors (Lipinski definition) is 4. The van der Waals surface area contributed by atoms with Crippen LogP contribution in [0.1, 0.15) is 33.6 Å². The van der Waals surface area contributed by atoms with Crippen LogP contribution in [0.4, 0.5) is 17.6 Å². The van der Waals surface area contributed by atoms with Gasteiger partial charge >= 0.3 is 11.2 Å². The molecule has 0 fully saturated rings. The van der Waals surface area contributed by atoms with Crippen molar-refractivity contribution in [1.82, 2.24) is 0 Å². The van der Waals surface area contributed by atoms with E-state index in [1.807, 2.05) is 0 Å². The molecule has 0 amide bonds. The molecule has 110 valence electrons. The topological polar surface area (TPSA) is 66.4 Å². The lowest BCUT2D eigenvalue weighted by atomic mass is 10.1. The number of alkyl halides is 4. The van der Waals surface area contributed by atoms with Crippen LogP contribution in [-0.4, -0.2) is 36.4 Å². The fourth-order valence-corrected chi connectivity index (χ4v) is 1.35. The maximum atomic E-state index is 13.0. The van der Waals surface area contributed by atoms with Gasteiger partial charge in [0.2, 0.25) is 0 Å². The standard InChI is InChI=1S/C9H16F4O4S/c1-4-7(2,3)17-6-5-8(10,11)9(12,13)18(14,15)16/h4-6H2,1-3H3,(H,14,15,16)/p-1. The van der Waals surface area contributed by atoms with Crippen LogP contribution in [0.25, 0.3) is 0 Å². The molecule has 0 radical (unpaired) electrons. The zero-order valence-electron chi connectivity index (χ0n) is 10.2. The number of rotatable bonds is 7. The van der Waals surface area contributed by atoms with Gasteiger partial charge in [0.25, 0.3) is 0 Å². The highest BCUT2D eigenvalue weighted by Gasteiger charge is 2.61. The first kappa shape index (κ1) is 17.6. The average molecular weight is 295 g/mol. The maximum Gasteiger partial charge on any atom is 0.396 e. The first-order valence-corrected chi connectivity index (χ1v) is 6.53. The molecule has 0 aromatic carbocycles. The predicted molar refractivity (Wildman–Crippen MR) is 54.5 cm³/mol. The van der Waals surface area contributed by atoms with Crippen molar-refractivity contribution in [2.75, 3.05) is 6.61 Å². The van der Waals surface area contributed by atoms with E-state index in [1.165, 1.54) is 0 Å². The van der Waals surface area contributed by atoms with Crippen molar-refractivity contribution >= 4 is 10.1 Å². The Kier molecular flexibility index (Phi) is 5.18. The SMILES string of the molecule is CCC(C)(C)OCCC(F)(F)C(F)(F)S(=O)(=O)[O-]. The van der Waals surface area contributed by atoms with Crippen molar-refractivity contribution < 1.29 is 35.3 Å². The minimum atomic E-state index is -6.42. The molecule has 4 nitrogen and oxygen atoms in total. The third-order valence-electron chi connectivity index (χ3n) is 2.50. The second-order valence-electron chi connectivity index (χ2n) is 4.39. The highest BCUT2D eigenvalue weighted by molar-refractivity contribution is 7.86. The molecule has 0 saturated heterocycles. The minimum Gasteiger partial charge on any atom is -0.743 e. The normalized spacial score (nSPS) is 14.9. The Bertz CT molecular complexity index is 378. The number of ether oxygens (including phenoxy) is 1. The van der Waals surface area contributed by atoms with Crippen LogP contribution in [-0.2, 0) is 14.9 Å². The summed E-state index contributed by atoms with van der Waals surface area (Å²) < 4.78 is 86.5. The lowest BCUT2D eigenvalue weighted by molar-refractivity contribution is -0.177. The molecule has 9 heteroatoms. The van der Waals surface area contributed by atoms with Gasteiger partial charge in [0.05, 0.1) is 12.2 Å². The zero-order valence-corrected chi connectivity index (χ0v) is 11.0. The van der Waals surface area contributed by atoms with E-state index in [9.17, 15) is 30.5 Å². The lowest BCUT2D eigenvalue weighted by Crippen LogP contribution is -2.47. The number of hydrogen-bond donors (Lipinski definition) is 0. The van der Waals surface area contributed by atoms with Crippen LogP contribution >= 0.6 is 0 Å². The monoisotopic (exact) mass is 295 g/mol. The Morgan fingerprint density at radius 3 is 1.94 bits per heavy atom.